The molecule has 0 spiro atoms. The van der Waals surface area contributed by atoms with E-state index in [0.29, 0.717) is 13.0 Å². The Morgan fingerprint density at radius 1 is 1.30 bits per heavy atom. The van der Waals surface area contributed by atoms with Crippen molar-refractivity contribution in [3.63, 3.8) is 0 Å². The zero-order valence-corrected chi connectivity index (χ0v) is 14.0. The summed E-state index contributed by atoms with van der Waals surface area (Å²) in [7, 11) is 3.37. The van der Waals surface area contributed by atoms with Gasteiger partial charge in [0, 0.05) is 27.9 Å². The molecule has 0 saturated carbocycles. The Balaban J connectivity index is 0.00000288. The molecule has 1 unspecified atom stereocenters. The first-order valence-electron chi connectivity index (χ1n) is 7.57. The van der Waals surface area contributed by atoms with Crippen molar-refractivity contribution in [2.75, 3.05) is 20.6 Å². The number of rotatable bonds is 4. The Labute approximate surface area is 137 Å². The molecule has 1 aromatic rings. The van der Waals surface area contributed by atoms with Gasteiger partial charge in [-0.1, -0.05) is 36.4 Å². The number of Topliss-reactive ketones (excluding diaryl/α,β-unsaturated/α-hetero) is 1. The van der Waals surface area contributed by atoms with Crippen molar-refractivity contribution in [1.29, 1.82) is 0 Å². The summed E-state index contributed by atoms with van der Waals surface area (Å²) in [5.74, 6) is 0.0504. The number of carbonyl (C=O) groups is 2. The summed E-state index contributed by atoms with van der Waals surface area (Å²) in [5.41, 5.74) is 2.87. The fourth-order valence-corrected chi connectivity index (χ4v) is 2.26. The standard InChI is InChI=1S/C17H22N4O2.H2/c1-12(13(2)22)15-7-5-14(6-8-15)11-16-9-10-18-19-21(16)17(23)20(3)4;/h5-9,12H,10-11H2,1-4H3;1H. The molecule has 1 atom stereocenters. The number of allylic oxidation sites excluding steroid dienone is 1. The van der Waals surface area contributed by atoms with Gasteiger partial charge in [0.1, 0.15) is 5.78 Å². The summed E-state index contributed by atoms with van der Waals surface area (Å²) in [4.78, 5) is 25.1. The maximum Gasteiger partial charge on any atom is 0.345 e. The van der Waals surface area contributed by atoms with E-state index in [1.165, 1.54) is 9.91 Å². The van der Waals surface area contributed by atoms with E-state index in [1.807, 2.05) is 37.3 Å². The van der Waals surface area contributed by atoms with Gasteiger partial charge in [0.25, 0.3) is 0 Å². The second-order valence-corrected chi connectivity index (χ2v) is 5.85. The zero-order chi connectivity index (χ0) is 17.0. The van der Waals surface area contributed by atoms with E-state index in [-0.39, 0.29) is 19.2 Å². The van der Waals surface area contributed by atoms with Crippen molar-refractivity contribution < 1.29 is 11.0 Å². The number of hydrogen-bond donors (Lipinski definition) is 0. The van der Waals surface area contributed by atoms with Crippen LogP contribution in [0.25, 0.3) is 0 Å². The lowest BCUT2D eigenvalue weighted by Gasteiger charge is -2.24. The number of carbonyl (C=O) groups excluding carboxylic acids is 2. The number of benzene rings is 1. The van der Waals surface area contributed by atoms with Crippen molar-refractivity contribution >= 4 is 11.8 Å². The van der Waals surface area contributed by atoms with Crippen LogP contribution in [0.15, 0.2) is 46.4 Å². The van der Waals surface area contributed by atoms with Gasteiger partial charge in [0.05, 0.1) is 12.2 Å². The minimum atomic E-state index is -0.221. The third-order valence-corrected chi connectivity index (χ3v) is 3.87. The largest absolute Gasteiger partial charge is 0.345 e. The quantitative estimate of drug-likeness (QED) is 0.854. The van der Waals surface area contributed by atoms with Crippen LogP contribution in [0.5, 0.6) is 0 Å². The van der Waals surface area contributed by atoms with Crippen molar-refractivity contribution in [3.05, 3.63) is 47.2 Å². The third-order valence-electron chi connectivity index (χ3n) is 3.87. The summed E-state index contributed by atoms with van der Waals surface area (Å²) in [6.45, 7) is 3.98. The summed E-state index contributed by atoms with van der Waals surface area (Å²) < 4.78 is 0. The molecule has 1 heterocycles. The molecular formula is C17H24N4O2. The zero-order valence-electron chi connectivity index (χ0n) is 14.0. The maximum atomic E-state index is 12.1. The molecule has 1 aliphatic rings. The first-order chi connectivity index (χ1) is 10.9. The van der Waals surface area contributed by atoms with Gasteiger partial charge in [-0.2, -0.15) is 10.1 Å². The van der Waals surface area contributed by atoms with Crippen LogP contribution in [0.4, 0.5) is 4.79 Å². The van der Waals surface area contributed by atoms with Gasteiger partial charge in [-0.15, -0.1) is 0 Å². The fraction of sp³-hybridized carbons (Fsp3) is 0.412. The SMILES string of the molecule is CC(=O)C(C)c1ccc(CC2=CCN=NN2C(=O)N(C)C)cc1.[HH]. The van der Waals surface area contributed by atoms with Crippen LogP contribution in [0.3, 0.4) is 0 Å². The van der Waals surface area contributed by atoms with Crippen molar-refractivity contribution in [3.8, 4) is 0 Å². The molecule has 0 aromatic heterocycles. The van der Waals surface area contributed by atoms with Crippen LogP contribution in [-0.4, -0.2) is 42.4 Å². The minimum Gasteiger partial charge on any atom is -0.329 e. The molecule has 0 bridgehead atoms. The second-order valence-electron chi connectivity index (χ2n) is 5.85. The van der Waals surface area contributed by atoms with E-state index >= 15 is 0 Å². The lowest BCUT2D eigenvalue weighted by atomic mass is 9.96. The average Bonchev–Trinajstić information content (AvgIpc) is 2.54. The van der Waals surface area contributed by atoms with E-state index in [2.05, 4.69) is 10.3 Å². The Hall–Kier alpha value is -2.50. The smallest absolute Gasteiger partial charge is 0.329 e. The van der Waals surface area contributed by atoms with Crippen LogP contribution in [0, 0.1) is 0 Å². The van der Waals surface area contributed by atoms with Gasteiger partial charge in [0.2, 0.25) is 0 Å². The Morgan fingerprint density at radius 2 is 1.96 bits per heavy atom. The van der Waals surface area contributed by atoms with Gasteiger partial charge in [0.15, 0.2) is 0 Å². The number of ketones is 1. The van der Waals surface area contributed by atoms with E-state index in [4.69, 9.17) is 0 Å². The first kappa shape index (κ1) is 16.9. The molecule has 1 aliphatic heterocycles. The molecule has 1 aromatic carbocycles. The highest BCUT2D eigenvalue weighted by Crippen LogP contribution is 2.21. The topological polar surface area (TPSA) is 65.3 Å². The van der Waals surface area contributed by atoms with Crippen LogP contribution >= 0.6 is 0 Å². The van der Waals surface area contributed by atoms with E-state index < -0.39 is 0 Å². The predicted octanol–water partition coefficient (Wildman–Crippen LogP) is 3.42. The minimum absolute atomic E-state index is 0. The number of urea groups is 1. The second kappa shape index (κ2) is 7.17. The monoisotopic (exact) mass is 316 g/mol. The molecular weight excluding hydrogens is 292 g/mol. The molecule has 23 heavy (non-hydrogen) atoms. The molecule has 124 valence electrons. The molecule has 0 fully saturated rings. The molecule has 2 rings (SSSR count). The normalized spacial score (nSPS) is 15.1. The van der Waals surface area contributed by atoms with Crippen LogP contribution < -0.4 is 0 Å². The highest BCUT2D eigenvalue weighted by atomic mass is 16.2. The van der Waals surface area contributed by atoms with Crippen LogP contribution in [-0.2, 0) is 11.2 Å². The summed E-state index contributed by atoms with van der Waals surface area (Å²) >= 11 is 0. The molecule has 2 amide bonds. The van der Waals surface area contributed by atoms with Crippen LogP contribution in [0.2, 0.25) is 0 Å². The average molecular weight is 316 g/mol. The molecule has 0 saturated heterocycles. The highest BCUT2D eigenvalue weighted by molar-refractivity contribution is 5.82. The lowest BCUT2D eigenvalue weighted by Crippen LogP contribution is -2.36. The molecule has 0 aliphatic carbocycles. The first-order valence-corrected chi connectivity index (χ1v) is 7.57. The van der Waals surface area contributed by atoms with Crippen LogP contribution in [0.1, 0.15) is 32.3 Å². The summed E-state index contributed by atoms with van der Waals surface area (Å²) in [6, 6.07) is 7.68. The Bertz CT molecular complexity index is 653. The van der Waals surface area contributed by atoms with Gasteiger partial charge < -0.3 is 4.90 Å². The van der Waals surface area contributed by atoms with Crippen molar-refractivity contribution in [1.82, 2.24) is 9.91 Å². The van der Waals surface area contributed by atoms with Gasteiger partial charge in [-0.3, -0.25) is 4.79 Å². The molecule has 6 nitrogen and oxygen atoms in total. The number of amides is 2. The summed E-state index contributed by atoms with van der Waals surface area (Å²) in [5, 5.41) is 9.18. The molecule has 0 radical (unpaired) electrons. The third kappa shape index (κ3) is 4.03. The van der Waals surface area contributed by atoms with Gasteiger partial charge >= 0.3 is 6.03 Å². The van der Waals surface area contributed by atoms with E-state index in [0.717, 1.165) is 16.8 Å². The van der Waals surface area contributed by atoms with Gasteiger partial charge in [-0.25, -0.2) is 4.79 Å². The maximum absolute atomic E-state index is 12.1. The highest BCUT2D eigenvalue weighted by Gasteiger charge is 2.22. The lowest BCUT2D eigenvalue weighted by molar-refractivity contribution is -0.118. The fourth-order valence-electron chi connectivity index (χ4n) is 2.26. The van der Waals surface area contributed by atoms with Crippen molar-refractivity contribution in [2.45, 2.75) is 26.2 Å². The number of hydrogen-bond acceptors (Lipinski definition) is 4. The Morgan fingerprint density at radius 3 is 2.52 bits per heavy atom. The van der Waals surface area contributed by atoms with Crippen molar-refractivity contribution in [2.24, 2.45) is 10.3 Å². The van der Waals surface area contributed by atoms with Gasteiger partial charge in [-0.05, 0) is 24.1 Å². The Kier molecular flexibility index (Phi) is 5.26. The van der Waals surface area contributed by atoms with E-state index in [1.54, 1.807) is 21.0 Å². The molecule has 6 heteroatoms. The predicted molar refractivity (Wildman–Crippen MR) is 90.1 cm³/mol. The van der Waals surface area contributed by atoms with E-state index in [9.17, 15) is 9.59 Å². The number of nitrogens with zero attached hydrogens (tertiary/aromatic N) is 4. The molecule has 0 N–H and O–H groups in total. The summed E-state index contributed by atoms with van der Waals surface area (Å²) in [6.07, 6.45) is 2.49.